The Balaban J connectivity index is 1.39. The molecule has 2 aliphatic heterocycles. The number of carbonyl (C=O) groups is 1. The van der Waals surface area contributed by atoms with Crippen LogP contribution in [-0.2, 0) is 23.8 Å². The van der Waals surface area contributed by atoms with Gasteiger partial charge in [-0.05, 0) is 54.7 Å². The van der Waals surface area contributed by atoms with Crippen molar-refractivity contribution in [3.8, 4) is 0 Å². The Kier molecular flexibility index (Phi) is 7.24. The molecule has 0 bridgehead atoms. The number of fused-ring (bicyclic) bond motifs is 3. The molecule has 1 fully saturated rings. The van der Waals surface area contributed by atoms with Crippen LogP contribution in [-0.4, -0.2) is 43.0 Å². The Morgan fingerprint density at radius 1 is 1.00 bits per heavy atom. The van der Waals surface area contributed by atoms with Crippen LogP contribution in [0.3, 0.4) is 0 Å². The fraction of sp³-hybridized carbons (Fsp3) is 0.367. The molecule has 0 radical (unpaired) electrons. The molecule has 37 heavy (non-hydrogen) atoms. The van der Waals surface area contributed by atoms with Crippen LogP contribution < -0.4 is 10.2 Å². The van der Waals surface area contributed by atoms with E-state index in [1.807, 2.05) is 55.5 Å². The summed E-state index contributed by atoms with van der Waals surface area (Å²) < 4.78 is 40.4. The van der Waals surface area contributed by atoms with Crippen molar-refractivity contribution in [3.63, 3.8) is 0 Å². The zero-order valence-corrected chi connectivity index (χ0v) is 20.9. The summed E-state index contributed by atoms with van der Waals surface area (Å²) >= 11 is 0. The topological polar surface area (TPSA) is 35.6 Å². The summed E-state index contributed by atoms with van der Waals surface area (Å²) in [7, 11) is 0. The van der Waals surface area contributed by atoms with E-state index in [1.165, 1.54) is 11.6 Å². The summed E-state index contributed by atoms with van der Waals surface area (Å²) in [5.74, 6) is -0.555. The summed E-state index contributed by atoms with van der Waals surface area (Å²) in [4.78, 5) is 18.2. The fourth-order valence-corrected chi connectivity index (χ4v) is 5.64. The minimum Gasteiger partial charge on any atom is -0.365 e. The van der Waals surface area contributed by atoms with Gasteiger partial charge in [0.25, 0.3) is 0 Å². The van der Waals surface area contributed by atoms with Crippen molar-refractivity contribution >= 4 is 11.6 Å². The van der Waals surface area contributed by atoms with Crippen LogP contribution in [0, 0.1) is 5.92 Å². The summed E-state index contributed by atoms with van der Waals surface area (Å²) in [6.07, 6.45) is -3.21. The van der Waals surface area contributed by atoms with Crippen molar-refractivity contribution in [2.24, 2.45) is 5.92 Å². The molecule has 0 aliphatic carbocycles. The van der Waals surface area contributed by atoms with Gasteiger partial charge in [-0.2, -0.15) is 13.2 Å². The molecule has 0 spiro atoms. The lowest BCUT2D eigenvalue weighted by atomic mass is 9.82. The Hall–Kier alpha value is -3.32. The van der Waals surface area contributed by atoms with E-state index < -0.39 is 17.7 Å². The lowest BCUT2D eigenvalue weighted by Gasteiger charge is -2.49. The molecule has 1 saturated heterocycles. The average Bonchev–Trinajstić information content (AvgIpc) is 2.91. The maximum Gasteiger partial charge on any atom is 0.416 e. The molecule has 1 amide bonds. The van der Waals surface area contributed by atoms with E-state index in [-0.39, 0.29) is 18.0 Å². The third-order valence-electron chi connectivity index (χ3n) is 7.68. The quantitative estimate of drug-likeness (QED) is 0.480. The molecule has 3 atom stereocenters. The maximum atomic E-state index is 13.6. The van der Waals surface area contributed by atoms with E-state index in [4.69, 9.17) is 0 Å². The normalized spacial score (nSPS) is 20.6. The first-order chi connectivity index (χ1) is 17.8. The predicted molar refractivity (Wildman–Crippen MR) is 139 cm³/mol. The Morgan fingerprint density at radius 2 is 1.70 bits per heavy atom. The molecule has 0 unspecified atom stereocenters. The second-order valence-corrected chi connectivity index (χ2v) is 10.1. The second-order valence-electron chi connectivity index (χ2n) is 10.1. The number of benzene rings is 3. The number of anilines is 1. The highest BCUT2D eigenvalue weighted by Gasteiger charge is 2.42. The molecular weight excluding hydrogens is 475 g/mol. The van der Waals surface area contributed by atoms with Crippen LogP contribution in [0.15, 0.2) is 78.9 Å². The number of halogens is 3. The molecule has 2 aliphatic rings. The first-order valence-electron chi connectivity index (χ1n) is 12.9. The molecule has 3 aromatic rings. The number of nitrogens with zero attached hydrogens (tertiary/aromatic N) is 2. The largest absolute Gasteiger partial charge is 0.416 e. The van der Waals surface area contributed by atoms with Crippen molar-refractivity contribution in [3.05, 3.63) is 101 Å². The first kappa shape index (κ1) is 25.3. The third-order valence-corrected chi connectivity index (χ3v) is 7.68. The van der Waals surface area contributed by atoms with Crippen LogP contribution in [0.5, 0.6) is 0 Å². The van der Waals surface area contributed by atoms with E-state index in [0.717, 1.165) is 36.8 Å². The standard InChI is InChI=1S/C30H32F3N3O/c1-21(23-10-6-3-7-11-23)34-29(37)26-19-24-18-25(30(31,32)33)12-13-27(24)36-17-16-35(20-28(26)36)15-14-22-8-4-2-5-9-22/h2-13,18,21,26,28H,14-17,19-20H2,1H3,(H,34,37)/t21-,26-,28+/m0/s1. The molecule has 5 rings (SSSR count). The van der Waals surface area contributed by atoms with Crippen LogP contribution >= 0.6 is 0 Å². The number of hydrogen-bond donors (Lipinski definition) is 1. The van der Waals surface area contributed by atoms with Gasteiger partial charge in [0.05, 0.1) is 23.6 Å². The highest BCUT2D eigenvalue weighted by molar-refractivity contribution is 5.82. The first-order valence-corrected chi connectivity index (χ1v) is 12.9. The van der Waals surface area contributed by atoms with Crippen molar-refractivity contribution in [1.29, 1.82) is 0 Å². The van der Waals surface area contributed by atoms with Gasteiger partial charge in [-0.25, -0.2) is 0 Å². The molecule has 4 nitrogen and oxygen atoms in total. The summed E-state index contributed by atoms with van der Waals surface area (Å²) in [6.45, 7) is 5.00. The van der Waals surface area contributed by atoms with Gasteiger partial charge in [0, 0.05) is 31.9 Å². The van der Waals surface area contributed by atoms with Gasteiger partial charge in [-0.3, -0.25) is 9.69 Å². The molecule has 1 N–H and O–H groups in total. The molecule has 7 heteroatoms. The van der Waals surface area contributed by atoms with E-state index in [9.17, 15) is 18.0 Å². The van der Waals surface area contributed by atoms with E-state index in [0.29, 0.717) is 25.1 Å². The SMILES string of the molecule is C[C@H](NC(=O)[C@H]1Cc2cc(C(F)(F)F)ccc2N2CCN(CCc3ccccc3)C[C@H]12)c1ccccc1. The predicted octanol–water partition coefficient (Wildman–Crippen LogP) is 5.49. The van der Waals surface area contributed by atoms with Crippen molar-refractivity contribution in [2.75, 3.05) is 31.1 Å². The van der Waals surface area contributed by atoms with Gasteiger partial charge in [-0.15, -0.1) is 0 Å². The zero-order valence-electron chi connectivity index (χ0n) is 20.9. The van der Waals surface area contributed by atoms with Crippen LogP contribution in [0.2, 0.25) is 0 Å². The number of amides is 1. The second kappa shape index (κ2) is 10.6. The number of rotatable bonds is 6. The zero-order chi connectivity index (χ0) is 26.0. The number of carbonyl (C=O) groups excluding carboxylic acids is 1. The number of hydrogen-bond acceptors (Lipinski definition) is 3. The van der Waals surface area contributed by atoms with Gasteiger partial charge in [-0.1, -0.05) is 60.7 Å². The van der Waals surface area contributed by atoms with Gasteiger partial charge >= 0.3 is 6.18 Å². The number of piperazine rings is 1. The van der Waals surface area contributed by atoms with Crippen LogP contribution in [0.25, 0.3) is 0 Å². The summed E-state index contributed by atoms with van der Waals surface area (Å²) in [6, 6.07) is 23.7. The molecule has 0 saturated carbocycles. The van der Waals surface area contributed by atoms with Gasteiger partial charge < -0.3 is 10.2 Å². The lowest BCUT2D eigenvalue weighted by Crippen LogP contribution is -2.61. The van der Waals surface area contributed by atoms with Gasteiger partial charge in [0.15, 0.2) is 0 Å². The highest BCUT2D eigenvalue weighted by atomic mass is 19.4. The Bertz CT molecular complexity index is 1220. The Morgan fingerprint density at radius 3 is 2.41 bits per heavy atom. The van der Waals surface area contributed by atoms with E-state index >= 15 is 0 Å². The summed E-state index contributed by atoms with van der Waals surface area (Å²) in [5.41, 5.74) is 3.01. The Labute approximate surface area is 216 Å². The molecule has 2 heterocycles. The third kappa shape index (κ3) is 5.67. The maximum absolute atomic E-state index is 13.6. The average molecular weight is 508 g/mol. The number of nitrogens with one attached hydrogen (secondary N) is 1. The van der Waals surface area contributed by atoms with E-state index in [2.05, 4.69) is 27.2 Å². The van der Waals surface area contributed by atoms with Crippen molar-refractivity contribution in [1.82, 2.24) is 10.2 Å². The minimum absolute atomic E-state index is 0.100. The number of alkyl halides is 3. The van der Waals surface area contributed by atoms with Crippen molar-refractivity contribution in [2.45, 2.75) is 38.0 Å². The summed E-state index contributed by atoms with van der Waals surface area (Å²) in [5, 5.41) is 3.14. The van der Waals surface area contributed by atoms with Gasteiger partial charge in [0.2, 0.25) is 5.91 Å². The highest BCUT2D eigenvalue weighted by Crippen LogP contribution is 2.40. The van der Waals surface area contributed by atoms with Crippen LogP contribution in [0.1, 0.15) is 35.2 Å². The molecular formula is C30H32F3N3O. The monoisotopic (exact) mass is 507 g/mol. The minimum atomic E-state index is -4.42. The van der Waals surface area contributed by atoms with Crippen LogP contribution in [0.4, 0.5) is 18.9 Å². The smallest absolute Gasteiger partial charge is 0.365 e. The molecule has 194 valence electrons. The van der Waals surface area contributed by atoms with Gasteiger partial charge in [0.1, 0.15) is 0 Å². The molecule has 3 aromatic carbocycles. The lowest BCUT2D eigenvalue weighted by molar-refractivity contribution is -0.137. The molecule has 0 aromatic heterocycles. The van der Waals surface area contributed by atoms with E-state index in [1.54, 1.807) is 6.07 Å². The fourth-order valence-electron chi connectivity index (χ4n) is 5.64. The van der Waals surface area contributed by atoms with Crippen molar-refractivity contribution < 1.29 is 18.0 Å².